The van der Waals surface area contributed by atoms with E-state index in [2.05, 4.69) is 15.5 Å². The number of likely N-dealkylation sites (N-methyl/N-ethyl adjacent to an activating group) is 1. The van der Waals surface area contributed by atoms with Gasteiger partial charge < -0.3 is 10.6 Å². The molecule has 1 saturated heterocycles. The number of anilines is 1. The van der Waals surface area contributed by atoms with Crippen LogP contribution >= 0.6 is 11.6 Å². The number of piperidine rings is 1. The van der Waals surface area contributed by atoms with Crippen LogP contribution in [0.4, 0.5) is 5.69 Å². The minimum Gasteiger partial charge on any atom is -0.325 e. The zero-order valence-electron chi connectivity index (χ0n) is 12.0. The first-order chi connectivity index (χ1) is 10.1. The lowest BCUT2D eigenvalue weighted by atomic mass is 10.1. The van der Waals surface area contributed by atoms with E-state index in [1.165, 1.54) is 0 Å². The Morgan fingerprint density at radius 1 is 1.52 bits per heavy atom. The first-order valence-electron chi connectivity index (χ1n) is 7.00. The van der Waals surface area contributed by atoms with Crippen molar-refractivity contribution in [2.24, 2.45) is 0 Å². The van der Waals surface area contributed by atoms with Gasteiger partial charge in [0.25, 0.3) is 0 Å². The van der Waals surface area contributed by atoms with Gasteiger partial charge in [-0.05, 0) is 51.2 Å². The fraction of sp³-hybridized carbons (Fsp3) is 0.467. The smallest absolute Gasteiger partial charge is 0.238 e. The van der Waals surface area contributed by atoms with Crippen LogP contribution in [0.5, 0.6) is 0 Å². The van der Waals surface area contributed by atoms with Crippen molar-refractivity contribution in [3.63, 3.8) is 0 Å². The number of nitrogens with one attached hydrogen (secondary N) is 2. The van der Waals surface area contributed by atoms with Crippen molar-refractivity contribution < 1.29 is 4.79 Å². The summed E-state index contributed by atoms with van der Waals surface area (Å²) in [5, 5.41) is 15.3. The van der Waals surface area contributed by atoms with Gasteiger partial charge in [-0.2, -0.15) is 5.26 Å². The summed E-state index contributed by atoms with van der Waals surface area (Å²) in [5.74, 6) is -0.0724. The van der Waals surface area contributed by atoms with E-state index in [0.717, 1.165) is 25.9 Å². The van der Waals surface area contributed by atoms with E-state index in [1.54, 1.807) is 18.2 Å². The van der Waals surface area contributed by atoms with Crippen LogP contribution in [0.25, 0.3) is 0 Å². The summed E-state index contributed by atoms with van der Waals surface area (Å²) >= 11 is 5.95. The third-order valence-corrected chi connectivity index (χ3v) is 4.01. The quantitative estimate of drug-likeness (QED) is 0.890. The monoisotopic (exact) mass is 306 g/mol. The van der Waals surface area contributed by atoms with Crippen molar-refractivity contribution in [3.05, 3.63) is 28.8 Å². The highest BCUT2D eigenvalue weighted by Crippen LogP contribution is 2.20. The molecule has 1 aliphatic heterocycles. The van der Waals surface area contributed by atoms with E-state index in [4.69, 9.17) is 16.9 Å². The average molecular weight is 307 g/mol. The van der Waals surface area contributed by atoms with Gasteiger partial charge in [-0.15, -0.1) is 0 Å². The highest BCUT2D eigenvalue weighted by atomic mass is 35.5. The van der Waals surface area contributed by atoms with Gasteiger partial charge in [0.1, 0.15) is 6.07 Å². The Kier molecular flexibility index (Phi) is 5.57. The Morgan fingerprint density at radius 2 is 2.24 bits per heavy atom. The third-order valence-electron chi connectivity index (χ3n) is 3.70. The average Bonchev–Trinajstić information content (AvgIpc) is 2.48. The van der Waals surface area contributed by atoms with Crippen LogP contribution < -0.4 is 10.6 Å². The van der Waals surface area contributed by atoms with Crippen molar-refractivity contribution in [1.29, 1.82) is 5.26 Å². The number of hydrogen-bond donors (Lipinski definition) is 2. The van der Waals surface area contributed by atoms with Crippen LogP contribution in [0.2, 0.25) is 5.02 Å². The predicted octanol–water partition coefficient (Wildman–Crippen LogP) is 1.83. The van der Waals surface area contributed by atoms with Crippen molar-refractivity contribution in [1.82, 2.24) is 10.2 Å². The molecule has 1 amide bonds. The van der Waals surface area contributed by atoms with Gasteiger partial charge in [0, 0.05) is 11.7 Å². The van der Waals surface area contributed by atoms with Crippen LogP contribution in [-0.4, -0.2) is 43.5 Å². The first kappa shape index (κ1) is 15.8. The number of halogens is 1. The molecule has 0 aliphatic carbocycles. The number of nitriles is 1. The van der Waals surface area contributed by atoms with Gasteiger partial charge in [0.05, 0.1) is 17.1 Å². The second kappa shape index (κ2) is 7.41. The lowest BCUT2D eigenvalue weighted by molar-refractivity contribution is -0.117. The number of benzene rings is 1. The Hall–Kier alpha value is -1.61. The Balaban J connectivity index is 1.89. The summed E-state index contributed by atoms with van der Waals surface area (Å²) in [4.78, 5) is 14.1. The van der Waals surface area contributed by atoms with Crippen LogP contribution in [0.1, 0.15) is 18.4 Å². The number of nitrogens with zero attached hydrogens (tertiary/aromatic N) is 2. The molecule has 21 heavy (non-hydrogen) atoms. The molecule has 2 N–H and O–H groups in total. The minimum absolute atomic E-state index is 0.0724. The van der Waals surface area contributed by atoms with Gasteiger partial charge in [0.2, 0.25) is 5.91 Å². The van der Waals surface area contributed by atoms with Crippen LogP contribution in [0, 0.1) is 11.3 Å². The highest BCUT2D eigenvalue weighted by Gasteiger charge is 2.19. The molecule has 1 aromatic carbocycles. The normalized spacial score (nSPS) is 15.7. The van der Waals surface area contributed by atoms with Crippen LogP contribution in [0.15, 0.2) is 18.2 Å². The van der Waals surface area contributed by atoms with Crippen LogP contribution in [0.3, 0.4) is 0 Å². The lowest BCUT2D eigenvalue weighted by Gasteiger charge is -2.31. The molecule has 6 heteroatoms. The van der Waals surface area contributed by atoms with Crippen LogP contribution in [-0.2, 0) is 4.79 Å². The fourth-order valence-corrected chi connectivity index (χ4v) is 2.71. The maximum Gasteiger partial charge on any atom is 0.238 e. The molecule has 0 bridgehead atoms. The molecule has 0 saturated carbocycles. The summed E-state index contributed by atoms with van der Waals surface area (Å²) in [6.45, 7) is 2.35. The largest absolute Gasteiger partial charge is 0.325 e. The molecule has 1 fully saturated rings. The molecule has 0 spiro atoms. The lowest BCUT2D eigenvalue weighted by Crippen LogP contribution is -2.44. The molecule has 112 valence electrons. The summed E-state index contributed by atoms with van der Waals surface area (Å²) in [5.41, 5.74) is 1.02. The topological polar surface area (TPSA) is 68.2 Å². The van der Waals surface area contributed by atoms with Gasteiger partial charge in [-0.3, -0.25) is 9.69 Å². The molecule has 0 atom stereocenters. The van der Waals surface area contributed by atoms with Gasteiger partial charge in [0.15, 0.2) is 0 Å². The number of carbonyl (C=O) groups excluding carboxylic acids is 1. The molecule has 2 rings (SSSR count). The van der Waals surface area contributed by atoms with E-state index in [1.807, 2.05) is 13.1 Å². The Morgan fingerprint density at radius 3 is 2.86 bits per heavy atom. The van der Waals surface area contributed by atoms with Crippen molar-refractivity contribution in [3.8, 4) is 6.07 Å². The molecule has 1 heterocycles. The number of rotatable bonds is 4. The van der Waals surface area contributed by atoms with E-state index >= 15 is 0 Å². The fourth-order valence-electron chi connectivity index (χ4n) is 2.49. The predicted molar refractivity (Wildman–Crippen MR) is 83.3 cm³/mol. The molecule has 0 unspecified atom stereocenters. The third kappa shape index (κ3) is 4.43. The Bertz CT molecular complexity index is 549. The second-order valence-corrected chi connectivity index (χ2v) is 5.66. The highest BCUT2D eigenvalue weighted by molar-refractivity contribution is 6.32. The molecule has 1 aromatic rings. The van der Waals surface area contributed by atoms with E-state index < -0.39 is 0 Å². The molecular formula is C15H19ClN4O. The van der Waals surface area contributed by atoms with E-state index in [0.29, 0.717) is 28.9 Å². The van der Waals surface area contributed by atoms with Gasteiger partial charge in [-0.1, -0.05) is 11.6 Å². The Labute approximate surface area is 129 Å². The molecular weight excluding hydrogens is 288 g/mol. The van der Waals surface area contributed by atoms with Gasteiger partial charge in [-0.25, -0.2) is 0 Å². The SMILES string of the molecule is CN(CC(=O)Nc1ccc(C#N)c(Cl)c1)C1CCNCC1. The summed E-state index contributed by atoms with van der Waals surface area (Å²) in [7, 11) is 1.97. The number of carbonyl (C=O) groups is 1. The summed E-state index contributed by atoms with van der Waals surface area (Å²) in [6.07, 6.45) is 2.12. The van der Waals surface area contributed by atoms with Crippen molar-refractivity contribution in [2.75, 3.05) is 32.0 Å². The summed E-state index contributed by atoms with van der Waals surface area (Å²) in [6, 6.07) is 7.33. The first-order valence-corrected chi connectivity index (χ1v) is 7.38. The van der Waals surface area contributed by atoms with E-state index in [-0.39, 0.29) is 5.91 Å². The molecule has 0 radical (unpaired) electrons. The maximum absolute atomic E-state index is 12.1. The van der Waals surface area contributed by atoms with E-state index in [9.17, 15) is 4.79 Å². The molecule has 0 aromatic heterocycles. The number of hydrogen-bond acceptors (Lipinski definition) is 4. The standard InChI is InChI=1S/C15H19ClN4O/c1-20(13-4-6-18-7-5-13)10-15(21)19-12-3-2-11(9-17)14(16)8-12/h2-3,8,13,18H,4-7,10H2,1H3,(H,19,21). The second-order valence-electron chi connectivity index (χ2n) is 5.25. The summed E-state index contributed by atoms with van der Waals surface area (Å²) < 4.78 is 0. The van der Waals surface area contributed by atoms with Crippen molar-refractivity contribution in [2.45, 2.75) is 18.9 Å². The number of amides is 1. The maximum atomic E-state index is 12.1. The van der Waals surface area contributed by atoms with Gasteiger partial charge >= 0.3 is 0 Å². The van der Waals surface area contributed by atoms with Crippen molar-refractivity contribution >= 4 is 23.2 Å². The zero-order chi connectivity index (χ0) is 15.2. The molecule has 5 nitrogen and oxygen atoms in total. The minimum atomic E-state index is -0.0724. The molecule has 1 aliphatic rings. The zero-order valence-corrected chi connectivity index (χ0v) is 12.8.